The minimum Gasteiger partial charge on any atom is -0.336 e. The van der Waals surface area contributed by atoms with Crippen molar-refractivity contribution in [3.8, 4) is 0 Å². The van der Waals surface area contributed by atoms with Crippen molar-refractivity contribution in [3.05, 3.63) is 99.7 Å². The summed E-state index contributed by atoms with van der Waals surface area (Å²) >= 11 is 12.2. The minimum atomic E-state index is -0.371. The van der Waals surface area contributed by atoms with Crippen LogP contribution in [0.5, 0.6) is 0 Å². The van der Waals surface area contributed by atoms with Crippen LogP contribution in [-0.4, -0.2) is 18.4 Å². The first-order valence-corrected chi connectivity index (χ1v) is 10.3. The number of para-hydroxylation sites is 1. The van der Waals surface area contributed by atoms with Crippen LogP contribution in [-0.2, 0) is 16.0 Å². The third kappa shape index (κ3) is 3.00. The maximum Gasteiger partial charge on any atom is 0.282 e. The number of carbonyl (C=O) groups excluding carboxylic acids is 2. The predicted molar refractivity (Wildman–Crippen MR) is 120 cm³/mol. The van der Waals surface area contributed by atoms with E-state index in [9.17, 15) is 9.59 Å². The molecule has 0 saturated carbocycles. The van der Waals surface area contributed by atoms with Crippen molar-refractivity contribution in [1.82, 2.24) is 0 Å². The Morgan fingerprint density at radius 2 is 1.53 bits per heavy atom. The first-order valence-electron chi connectivity index (χ1n) is 9.54. The number of rotatable bonds is 3. The fourth-order valence-corrected chi connectivity index (χ4v) is 4.38. The highest BCUT2D eigenvalue weighted by molar-refractivity contribution is 6.46. The normalized spacial score (nSPS) is 15.9. The number of anilines is 2. The van der Waals surface area contributed by atoms with Crippen molar-refractivity contribution < 1.29 is 9.59 Å². The molecule has 4 nitrogen and oxygen atoms in total. The SMILES string of the molecule is O=C1C(c2ccc(Cl)cc2)=C(N2CCc3ccccc32)C(=O)N1c1cccc(Cl)c1. The molecule has 0 aromatic heterocycles. The van der Waals surface area contributed by atoms with Crippen molar-refractivity contribution in [2.45, 2.75) is 6.42 Å². The van der Waals surface area contributed by atoms with Crippen LogP contribution in [0.4, 0.5) is 11.4 Å². The molecule has 0 fully saturated rings. The van der Waals surface area contributed by atoms with Crippen LogP contribution >= 0.6 is 23.2 Å². The third-order valence-electron chi connectivity index (χ3n) is 5.42. The number of nitrogens with zero attached hydrogens (tertiary/aromatic N) is 2. The molecule has 0 atom stereocenters. The molecule has 5 rings (SSSR count). The van der Waals surface area contributed by atoms with Gasteiger partial charge >= 0.3 is 0 Å². The molecule has 6 heteroatoms. The highest BCUT2D eigenvalue weighted by Crippen LogP contribution is 2.40. The molecule has 148 valence electrons. The van der Waals surface area contributed by atoms with Gasteiger partial charge in [-0.25, -0.2) is 4.90 Å². The number of hydrogen-bond acceptors (Lipinski definition) is 3. The summed E-state index contributed by atoms with van der Waals surface area (Å²) in [7, 11) is 0. The lowest BCUT2D eigenvalue weighted by atomic mass is 10.0. The first-order chi connectivity index (χ1) is 14.5. The molecule has 2 heterocycles. The van der Waals surface area contributed by atoms with Crippen molar-refractivity contribution in [3.63, 3.8) is 0 Å². The van der Waals surface area contributed by atoms with Gasteiger partial charge in [-0.3, -0.25) is 9.59 Å². The van der Waals surface area contributed by atoms with Gasteiger partial charge in [0.25, 0.3) is 11.8 Å². The molecule has 0 radical (unpaired) electrons. The monoisotopic (exact) mass is 434 g/mol. The highest BCUT2D eigenvalue weighted by Gasteiger charge is 2.44. The second kappa shape index (κ2) is 7.31. The summed E-state index contributed by atoms with van der Waals surface area (Å²) in [5.41, 5.74) is 3.96. The smallest absolute Gasteiger partial charge is 0.282 e. The van der Waals surface area contributed by atoms with Crippen LogP contribution in [0.15, 0.2) is 78.5 Å². The topological polar surface area (TPSA) is 40.6 Å². The van der Waals surface area contributed by atoms with E-state index in [-0.39, 0.29) is 11.8 Å². The number of carbonyl (C=O) groups is 2. The van der Waals surface area contributed by atoms with Crippen LogP contribution in [0.3, 0.4) is 0 Å². The standard InChI is InChI=1S/C24H16Cl2N2O2/c25-17-10-8-16(9-11-17)21-22(27-13-12-15-4-1-2-7-20(15)27)24(30)28(23(21)29)19-6-3-5-18(26)14-19/h1-11,14H,12-13H2. The Morgan fingerprint density at radius 1 is 0.767 bits per heavy atom. The number of benzene rings is 3. The van der Waals surface area contributed by atoms with E-state index >= 15 is 0 Å². The van der Waals surface area contributed by atoms with E-state index in [1.807, 2.05) is 29.2 Å². The number of fused-ring (bicyclic) bond motifs is 1. The van der Waals surface area contributed by atoms with E-state index in [4.69, 9.17) is 23.2 Å². The lowest BCUT2D eigenvalue weighted by Crippen LogP contribution is -2.34. The zero-order chi connectivity index (χ0) is 20.8. The summed E-state index contributed by atoms with van der Waals surface area (Å²) in [6.45, 7) is 0.633. The lowest BCUT2D eigenvalue weighted by Gasteiger charge is -2.22. The van der Waals surface area contributed by atoms with Gasteiger partial charge in [-0.05, 0) is 53.9 Å². The number of imide groups is 1. The molecule has 0 unspecified atom stereocenters. The van der Waals surface area contributed by atoms with Crippen LogP contribution in [0.1, 0.15) is 11.1 Å². The van der Waals surface area contributed by atoms with Gasteiger partial charge in [0, 0.05) is 22.3 Å². The van der Waals surface area contributed by atoms with Crippen molar-refractivity contribution >= 4 is 52.0 Å². The number of hydrogen-bond donors (Lipinski definition) is 0. The van der Waals surface area contributed by atoms with Gasteiger partial charge in [0.15, 0.2) is 0 Å². The van der Waals surface area contributed by atoms with Gasteiger partial charge in [0.05, 0.1) is 11.3 Å². The fourth-order valence-electron chi connectivity index (χ4n) is 4.07. The molecular weight excluding hydrogens is 419 g/mol. The van der Waals surface area contributed by atoms with Crippen LogP contribution in [0, 0.1) is 0 Å². The van der Waals surface area contributed by atoms with Crippen molar-refractivity contribution in [1.29, 1.82) is 0 Å². The van der Waals surface area contributed by atoms with Gasteiger partial charge in [-0.2, -0.15) is 0 Å². The Labute approximate surface area is 183 Å². The maximum atomic E-state index is 13.6. The summed E-state index contributed by atoms with van der Waals surface area (Å²) in [6, 6.07) is 21.7. The molecule has 0 bridgehead atoms. The Morgan fingerprint density at radius 3 is 2.30 bits per heavy atom. The predicted octanol–water partition coefficient (Wildman–Crippen LogP) is 5.34. The molecule has 3 aromatic carbocycles. The van der Waals surface area contributed by atoms with E-state index in [1.165, 1.54) is 4.90 Å². The van der Waals surface area contributed by atoms with Gasteiger partial charge in [-0.15, -0.1) is 0 Å². The van der Waals surface area contributed by atoms with Crippen molar-refractivity contribution in [2.24, 2.45) is 0 Å². The van der Waals surface area contributed by atoms with E-state index in [0.717, 1.165) is 17.7 Å². The largest absolute Gasteiger partial charge is 0.336 e. The van der Waals surface area contributed by atoms with Crippen molar-refractivity contribution in [2.75, 3.05) is 16.3 Å². The van der Waals surface area contributed by atoms with E-state index in [1.54, 1.807) is 48.5 Å². The van der Waals surface area contributed by atoms with E-state index in [0.29, 0.717) is 39.1 Å². The lowest BCUT2D eigenvalue weighted by molar-refractivity contribution is -0.120. The van der Waals surface area contributed by atoms with E-state index < -0.39 is 0 Å². The number of amides is 2. The molecule has 3 aromatic rings. The summed E-state index contributed by atoms with van der Waals surface area (Å²) in [5.74, 6) is -0.729. The van der Waals surface area contributed by atoms with E-state index in [2.05, 4.69) is 0 Å². The molecule has 0 spiro atoms. The highest BCUT2D eigenvalue weighted by atomic mass is 35.5. The molecule has 2 aliphatic rings. The molecule has 2 aliphatic heterocycles. The zero-order valence-electron chi connectivity index (χ0n) is 15.8. The first kappa shape index (κ1) is 18.9. The average molecular weight is 435 g/mol. The summed E-state index contributed by atoms with van der Waals surface area (Å²) in [5, 5.41) is 1.02. The van der Waals surface area contributed by atoms with Gasteiger partial charge in [0.1, 0.15) is 5.70 Å². The number of halogens is 2. The molecule has 0 aliphatic carbocycles. The van der Waals surface area contributed by atoms with Crippen LogP contribution in [0.2, 0.25) is 10.0 Å². The van der Waals surface area contributed by atoms with Crippen LogP contribution < -0.4 is 9.80 Å². The second-order valence-electron chi connectivity index (χ2n) is 7.19. The Hall–Kier alpha value is -3.08. The molecular formula is C24H16Cl2N2O2. The second-order valence-corrected chi connectivity index (χ2v) is 8.06. The summed E-state index contributed by atoms with van der Waals surface area (Å²) in [4.78, 5) is 30.3. The average Bonchev–Trinajstić information content (AvgIpc) is 3.27. The Kier molecular flexibility index (Phi) is 4.61. The van der Waals surface area contributed by atoms with Gasteiger partial charge in [0.2, 0.25) is 0 Å². The Bertz CT molecular complexity index is 1220. The Balaban J connectivity index is 1.69. The maximum absolute atomic E-state index is 13.6. The quantitative estimate of drug-likeness (QED) is 0.522. The zero-order valence-corrected chi connectivity index (χ0v) is 17.3. The van der Waals surface area contributed by atoms with Gasteiger partial charge < -0.3 is 4.90 Å². The molecule has 0 N–H and O–H groups in total. The molecule has 2 amide bonds. The summed E-state index contributed by atoms with van der Waals surface area (Å²) < 4.78 is 0. The molecule has 30 heavy (non-hydrogen) atoms. The molecule has 0 saturated heterocycles. The fraction of sp³-hybridized carbons (Fsp3) is 0.0833. The van der Waals surface area contributed by atoms with Crippen LogP contribution in [0.25, 0.3) is 5.57 Å². The minimum absolute atomic E-state index is 0.357. The summed E-state index contributed by atoms with van der Waals surface area (Å²) in [6.07, 6.45) is 0.812. The van der Waals surface area contributed by atoms with Gasteiger partial charge in [-0.1, -0.05) is 59.6 Å². The third-order valence-corrected chi connectivity index (χ3v) is 5.90.